The number of aliphatic imine (C=N–C) groups is 1. The number of hydrogen-bond acceptors (Lipinski definition) is 2. The summed E-state index contributed by atoms with van der Waals surface area (Å²) >= 11 is 0. The maximum absolute atomic E-state index is 5.85. The Morgan fingerprint density at radius 1 is 1.15 bits per heavy atom. The summed E-state index contributed by atoms with van der Waals surface area (Å²) < 4.78 is 5.85. The van der Waals surface area contributed by atoms with E-state index < -0.39 is 0 Å². The summed E-state index contributed by atoms with van der Waals surface area (Å²) in [6.45, 7) is 2.65. The van der Waals surface area contributed by atoms with Crippen LogP contribution in [0.4, 0.5) is 0 Å². The van der Waals surface area contributed by atoms with Gasteiger partial charge in [-0.2, -0.15) is 0 Å². The second-order valence-electron chi connectivity index (χ2n) is 7.05. The number of aromatic nitrogens is 2. The highest BCUT2D eigenvalue weighted by Gasteiger charge is 2.19. The molecule has 2 aromatic rings. The van der Waals surface area contributed by atoms with Gasteiger partial charge in [0.05, 0.1) is 18.0 Å². The lowest BCUT2D eigenvalue weighted by Crippen LogP contribution is -1.94. The number of rotatable bonds is 4. The van der Waals surface area contributed by atoms with Crippen LogP contribution >= 0.6 is 0 Å². The topological polar surface area (TPSA) is 53.2 Å². The van der Waals surface area contributed by atoms with Gasteiger partial charge in [-0.3, -0.25) is 0 Å². The van der Waals surface area contributed by atoms with Crippen LogP contribution in [0.1, 0.15) is 61.7 Å². The first-order chi connectivity index (χ1) is 12.8. The molecule has 4 nitrogen and oxygen atoms in total. The number of ether oxygens (including phenoxy) is 1. The van der Waals surface area contributed by atoms with E-state index in [9.17, 15) is 0 Å². The lowest BCUT2D eigenvalue weighted by Gasteiger charge is -2.05. The summed E-state index contributed by atoms with van der Waals surface area (Å²) in [6, 6.07) is 6.38. The van der Waals surface area contributed by atoms with E-state index in [0.29, 0.717) is 6.61 Å². The summed E-state index contributed by atoms with van der Waals surface area (Å²) in [4.78, 5) is 11.7. The number of aromatic amines is 2. The van der Waals surface area contributed by atoms with E-state index in [4.69, 9.17) is 9.73 Å². The average Bonchev–Trinajstić information content (AvgIpc) is 3.36. The third-order valence-corrected chi connectivity index (χ3v) is 5.10. The Labute approximate surface area is 155 Å². The molecule has 26 heavy (non-hydrogen) atoms. The van der Waals surface area contributed by atoms with E-state index >= 15 is 0 Å². The minimum Gasteiger partial charge on any atom is -0.492 e. The first kappa shape index (κ1) is 17.0. The van der Waals surface area contributed by atoms with Gasteiger partial charge in [0, 0.05) is 23.7 Å². The Kier molecular flexibility index (Phi) is 5.09. The highest BCUT2D eigenvalue weighted by atomic mass is 16.5. The fraction of sp³-hybridized carbons (Fsp3) is 0.409. The molecule has 0 spiro atoms. The van der Waals surface area contributed by atoms with Crippen LogP contribution in [-0.2, 0) is 17.6 Å². The molecule has 2 N–H and O–H groups in total. The van der Waals surface area contributed by atoms with Crippen molar-refractivity contribution in [1.29, 1.82) is 0 Å². The molecule has 0 unspecified atom stereocenters. The van der Waals surface area contributed by atoms with Crippen molar-refractivity contribution in [3.8, 4) is 0 Å². The Hall–Kier alpha value is -2.49. The molecule has 2 aliphatic rings. The van der Waals surface area contributed by atoms with Crippen molar-refractivity contribution < 1.29 is 4.74 Å². The van der Waals surface area contributed by atoms with E-state index in [1.165, 1.54) is 49.1 Å². The second kappa shape index (κ2) is 7.81. The second-order valence-corrected chi connectivity index (χ2v) is 7.05. The summed E-state index contributed by atoms with van der Waals surface area (Å²) in [7, 11) is 0. The van der Waals surface area contributed by atoms with Gasteiger partial charge in [-0.05, 0) is 62.4 Å². The average molecular weight is 349 g/mol. The molecule has 0 fully saturated rings. The number of nitrogens with zero attached hydrogens (tertiary/aromatic N) is 1. The van der Waals surface area contributed by atoms with Crippen LogP contribution in [0.25, 0.3) is 6.08 Å². The zero-order valence-corrected chi connectivity index (χ0v) is 15.5. The number of aryl methyl sites for hydroxylation is 2. The molecule has 4 rings (SSSR count). The van der Waals surface area contributed by atoms with Crippen molar-refractivity contribution in [2.24, 2.45) is 4.99 Å². The molecule has 1 aliphatic carbocycles. The molecule has 3 heterocycles. The summed E-state index contributed by atoms with van der Waals surface area (Å²) in [6.07, 6.45) is 14.9. The van der Waals surface area contributed by atoms with Gasteiger partial charge in [0.2, 0.25) is 0 Å². The summed E-state index contributed by atoms with van der Waals surface area (Å²) in [5.41, 5.74) is 6.80. The number of fused-ring (bicyclic) bond motifs is 2. The van der Waals surface area contributed by atoms with Gasteiger partial charge in [0.25, 0.3) is 0 Å². The smallest absolute Gasteiger partial charge is 0.147 e. The minimum atomic E-state index is 0.638. The maximum Gasteiger partial charge on any atom is 0.147 e. The van der Waals surface area contributed by atoms with Gasteiger partial charge in [0.15, 0.2) is 0 Å². The van der Waals surface area contributed by atoms with E-state index in [1.807, 2.05) is 31.3 Å². The fourth-order valence-electron chi connectivity index (χ4n) is 3.76. The third kappa shape index (κ3) is 3.69. The predicted octanol–water partition coefficient (Wildman–Crippen LogP) is 5.16. The number of hydrogen-bond donors (Lipinski definition) is 2. The normalized spacial score (nSPS) is 19.3. The van der Waals surface area contributed by atoms with E-state index in [2.05, 4.69) is 22.1 Å². The highest BCUT2D eigenvalue weighted by molar-refractivity contribution is 6.11. The molecule has 2 aromatic heterocycles. The maximum atomic E-state index is 5.85. The molecule has 0 saturated heterocycles. The number of nitrogens with one attached hydrogen (secondary N) is 2. The lowest BCUT2D eigenvalue weighted by atomic mass is 10.0. The monoisotopic (exact) mass is 349 g/mol. The van der Waals surface area contributed by atoms with Crippen LogP contribution in [0.3, 0.4) is 0 Å². The lowest BCUT2D eigenvalue weighted by molar-refractivity contribution is 0.239. The molecular weight excluding hydrogens is 322 g/mol. The quantitative estimate of drug-likeness (QED) is 0.787. The van der Waals surface area contributed by atoms with E-state index in [0.717, 1.165) is 35.7 Å². The molecular formula is C22H27N3O. The fourth-order valence-corrected chi connectivity index (χ4v) is 3.76. The molecule has 0 atom stereocenters. The van der Waals surface area contributed by atoms with Crippen molar-refractivity contribution in [1.82, 2.24) is 9.97 Å². The Balaban J connectivity index is 1.67. The Morgan fingerprint density at radius 3 is 2.81 bits per heavy atom. The van der Waals surface area contributed by atoms with Crippen molar-refractivity contribution in [3.63, 3.8) is 0 Å². The van der Waals surface area contributed by atoms with Crippen LogP contribution in [-0.4, -0.2) is 22.3 Å². The molecule has 0 aromatic carbocycles. The molecule has 4 heteroatoms. The van der Waals surface area contributed by atoms with E-state index in [1.54, 1.807) is 0 Å². The van der Waals surface area contributed by atoms with Crippen molar-refractivity contribution in [2.75, 3.05) is 6.61 Å². The third-order valence-electron chi connectivity index (χ3n) is 5.10. The zero-order valence-electron chi connectivity index (χ0n) is 15.5. The Bertz CT molecular complexity index is 837. The van der Waals surface area contributed by atoms with Gasteiger partial charge >= 0.3 is 0 Å². The highest BCUT2D eigenvalue weighted by Crippen LogP contribution is 2.27. The van der Waals surface area contributed by atoms with Gasteiger partial charge in [0.1, 0.15) is 11.5 Å². The molecule has 2 bridgehead atoms. The van der Waals surface area contributed by atoms with Crippen LogP contribution in [0.2, 0.25) is 0 Å². The SMILES string of the molecule is CCOC1=CC(c2ccc[nH]2)=N/C1=C/c1[nH]c2cc1CCCCCCC2. The van der Waals surface area contributed by atoms with Gasteiger partial charge in [-0.25, -0.2) is 4.99 Å². The van der Waals surface area contributed by atoms with Crippen molar-refractivity contribution >= 4 is 11.8 Å². The van der Waals surface area contributed by atoms with Crippen molar-refractivity contribution in [3.05, 3.63) is 64.6 Å². The van der Waals surface area contributed by atoms with Gasteiger partial charge < -0.3 is 14.7 Å². The van der Waals surface area contributed by atoms with Crippen LogP contribution in [0, 0.1) is 0 Å². The predicted molar refractivity (Wildman–Crippen MR) is 106 cm³/mol. The van der Waals surface area contributed by atoms with Crippen molar-refractivity contribution in [2.45, 2.75) is 51.9 Å². The first-order valence-corrected chi connectivity index (χ1v) is 9.83. The standard InChI is InChI=1S/C22H27N3O/c1-2-26-22-15-20(18-11-8-12-23-18)25-21(22)14-19-16-9-6-4-3-5-7-10-17(13-16)24-19/h8,11-15,23-24H,2-7,9-10H2,1H3/b21-14+. The number of H-pyrrole nitrogens is 2. The van der Waals surface area contributed by atoms with Gasteiger partial charge in [-0.15, -0.1) is 0 Å². The van der Waals surface area contributed by atoms with Crippen LogP contribution < -0.4 is 0 Å². The summed E-state index contributed by atoms with van der Waals surface area (Å²) in [5.74, 6) is 0.850. The first-order valence-electron chi connectivity index (χ1n) is 9.83. The molecule has 0 amide bonds. The molecule has 0 radical (unpaired) electrons. The summed E-state index contributed by atoms with van der Waals surface area (Å²) in [5, 5.41) is 0. The van der Waals surface area contributed by atoms with Gasteiger partial charge in [-0.1, -0.05) is 19.3 Å². The van der Waals surface area contributed by atoms with Crippen LogP contribution in [0.5, 0.6) is 0 Å². The molecule has 136 valence electrons. The number of allylic oxidation sites excluding steroid dienone is 1. The van der Waals surface area contributed by atoms with E-state index in [-0.39, 0.29) is 0 Å². The minimum absolute atomic E-state index is 0.638. The zero-order chi connectivity index (χ0) is 17.8. The molecule has 0 saturated carbocycles. The molecule has 1 aliphatic heterocycles. The largest absolute Gasteiger partial charge is 0.492 e. The Morgan fingerprint density at radius 2 is 2.00 bits per heavy atom. The van der Waals surface area contributed by atoms with Crippen LogP contribution in [0.15, 0.2) is 46.9 Å².